The first-order valence-electron chi connectivity index (χ1n) is 10.1. The van der Waals surface area contributed by atoms with Crippen molar-refractivity contribution in [3.63, 3.8) is 0 Å². The first kappa shape index (κ1) is 26.6. The molecule has 3 aromatic rings. The Kier molecular flexibility index (Phi) is 8.27. The van der Waals surface area contributed by atoms with Gasteiger partial charge in [-0.25, -0.2) is 8.78 Å². The molecule has 0 radical (unpaired) electrons. The molecular weight excluding hydrogens is 501 g/mol. The highest BCUT2D eigenvalue weighted by Crippen LogP contribution is 2.33. The summed E-state index contributed by atoms with van der Waals surface area (Å²) in [6.07, 6.45) is -4.15. The van der Waals surface area contributed by atoms with E-state index in [2.05, 4.69) is 29.7 Å². The molecule has 0 aliphatic rings. The van der Waals surface area contributed by atoms with Gasteiger partial charge in [-0.3, -0.25) is 19.7 Å². The lowest BCUT2D eigenvalue weighted by Gasteiger charge is -2.17. The third-order valence-corrected chi connectivity index (χ3v) is 4.56. The molecule has 14 heteroatoms. The number of nitrogens with one attached hydrogen (secondary N) is 1. The van der Waals surface area contributed by atoms with Crippen LogP contribution in [-0.4, -0.2) is 40.5 Å². The summed E-state index contributed by atoms with van der Waals surface area (Å²) in [5.41, 5.74) is -1.22. The van der Waals surface area contributed by atoms with Crippen LogP contribution in [0.5, 0.6) is 11.5 Å². The van der Waals surface area contributed by atoms with Crippen molar-refractivity contribution in [2.75, 3.05) is 6.61 Å². The van der Waals surface area contributed by atoms with Gasteiger partial charge in [0.15, 0.2) is 0 Å². The van der Waals surface area contributed by atoms with Gasteiger partial charge < -0.3 is 14.8 Å². The van der Waals surface area contributed by atoms with E-state index < -0.39 is 54.6 Å². The van der Waals surface area contributed by atoms with Crippen molar-refractivity contribution in [3.05, 3.63) is 65.7 Å². The predicted octanol–water partition coefficient (Wildman–Crippen LogP) is 5.29. The molecule has 2 heterocycles. The zero-order chi connectivity index (χ0) is 26.5. The molecule has 36 heavy (non-hydrogen) atoms. The number of halogens is 7. The highest BCUT2D eigenvalue weighted by molar-refractivity contribution is 5.95. The van der Waals surface area contributed by atoms with Crippen molar-refractivity contribution in [2.45, 2.75) is 32.2 Å². The molecule has 1 aromatic carbocycles. The Bertz CT molecular complexity index is 1190. The van der Waals surface area contributed by atoms with Gasteiger partial charge in [0.25, 0.3) is 12.3 Å². The molecule has 1 atom stereocenters. The highest BCUT2D eigenvalue weighted by Gasteiger charge is 2.32. The van der Waals surface area contributed by atoms with Crippen LogP contribution >= 0.6 is 0 Å². The second-order valence-corrected chi connectivity index (χ2v) is 7.19. The lowest BCUT2D eigenvalue weighted by atomic mass is 10.1. The monoisotopic (exact) mass is 518 g/mol. The molecule has 7 nitrogen and oxygen atoms in total. The Labute approximate surface area is 199 Å². The number of benzene rings is 1. The summed E-state index contributed by atoms with van der Waals surface area (Å²) >= 11 is 0. The van der Waals surface area contributed by atoms with Gasteiger partial charge in [0, 0.05) is 18.0 Å². The van der Waals surface area contributed by atoms with Gasteiger partial charge in [-0.1, -0.05) is 0 Å². The molecule has 0 saturated carbocycles. The molecule has 2 aromatic heterocycles. The normalized spacial score (nSPS) is 12.5. The third-order valence-electron chi connectivity index (χ3n) is 4.56. The SMILES string of the molecule is CC(NC(=O)c1cc(OCC(F)F)cc(C(F)(F)F)c1)c1nccnc1-c1ccc(OC(F)F)cn1. The quantitative estimate of drug-likeness (QED) is 0.388. The zero-order valence-electron chi connectivity index (χ0n) is 18.3. The second kappa shape index (κ2) is 11.2. The fourth-order valence-corrected chi connectivity index (χ4v) is 3.04. The van der Waals surface area contributed by atoms with E-state index in [4.69, 9.17) is 0 Å². The van der Waals surface area contributed by atoms with Crippen LogP contribution in [0.4, 0.5) is 30.7 Å². The van der Waals surface area contributed by atoms with Gasteiger partial charge in [0.05, 0.1) is 29.2 Å². The molecule has 0 fully saturated rings. The van der Waals surface area contributed by atoms with Crippen LogP contribution in [0.3, 0.4) is 0 Å². The lowest BCUT2D eigenvalue weighted by molar-refractivity contribution is -0.137. The molecule has 0 saturated heterocycles. The molecule has 192 valence electrons. The first-order chi connectivity index (χ1) is 16.9. The minimum absolute atomic E-state index is 0.166. The van der Waals surface area contributed by atoms with Crippen LogP contribution in [0.15, 0.2) is 48.9 Å². The van der Waals surface area contributed by atoms with Gasteiger partial charge in [-0.15, -0.1) is 0 Å². The summed E-state index contributed by atoms with van der Waals surface area (Å²) in [6, 6.07) is 3.61. The van der Waals surface area contributed by atoms with Gasteiger partial charge in [-0.2, -0.15) is 22.0 Å². The summed E-state index contributed by atoms with van der Waals surface area (Å²) in [6.45, 7) is -2.73. The number of rotatable bonds is 9. The summed E-state index contributed by atoms with van der Waals surface area (Å²) in [5.74, 6) is -1.73. The molecule has 3 rings (SSSR count). The lowest BCUT2D eigenvalue weighted by Crippen LogP contribution is -2.28. The smallest absolute Gasteiger partial charge is 0.416 e. The van der Waals surface area contributed by atoms with E-state index in [0.717, 1.165) is 12.3 Å². The first-order valence-corrected chi connectivity index (χ1v) is 10.1. The number of carbonyl (C=O) groups is 1. The minimum atomic E-state index is -4.87. The Balaban J connectivity index is 1.85. The van der Waals surface area contributed by atoms with Crippen LogP contribution in [0.25, 0.3) is 11.4 Å². The van der Waals surface area contributed by atoms with E-state index in [1.807, 2.05) is 0 Å². The Morgan fingerprint density at radius 1 is 1.00 bits per heavy atom. The Hall–Kier alpha value is -3.97. The maximum atomic E-state index is 13.3. The third kappa shape index (κ3) is 7.02. The summed E-state index contributed by atoms with van der Waals surface area (Å²) in [7, 11) is 0. The van der Waals surface area contributed by atoms with E-state index in [1.165, 1.54) is 31.5 Å². The number of amides is 1. The van der Waals surface area contributed by atoms with Crippen molar-refractivity contribution in [1.29, 1.82) is 0 Å². The van der Waals surface area contributed by atoms with Gasteiger partial charge in [-0.05, 0) is 37.3 Å². The van der Waals surface area contributed by atoms with Crippen molar-refractivity contribution in [3.8, 4) is 22.9 Å². The number of hydrogen-bond acceptors (Lipinski definition) is 6. The van der Waals surface area contributed by atoms with Gasteiger partial charge in [0.1, 0.15) is 23.8 Å². The Morgan fingerprint density at radius 3 is 2.33 bits per heavy atom. The summed E-state index contributed by atoms with van der Waals surface area (Å²) in [4.78, 5) is 25.0. The number of carbonyl (C=O) groups excluding carboxylic acids is 1. The number of hydrogen-bond donors (Lipinski definition) is 1. The molecule has 0 bridgehead atoms. The van der Waals surface area contributed by atoms with E-state index in [0.29, 0.717) is 12.1 Å². The van der Waals surface area contributed by atoms with E-state index >= 15 is 0 Å². The number of nitrogens with zero attached hydrogens (tertiary/aromatic N) is 3. The maximum Gasteiger partial charge on any atom is 0.416 e. The summed E-state index contributed by atoms with van der Waals surface area (Å²) < 4.78 is 98.3. The topological polar surface area (TPSA) is 86.2 Å². The van der Waals surface area contributed by atoms with Crippen LogP contribution in [-0.2, 0) is 6.18 Å². The van der Waals surface area contributed by atoms with Crippen LogP contribution in [0, 0.1) is 0 Å². The molecule has 0 aliphatic carbocycles. The molecular formula is C22H17F7N4O3. The largest absolute Gasteiger partial charge is 0.488 e. The number of alkyl halides is 7. The standard InChI is InChI=1S/C22H17F7N4O3/c1-11(18-19(31-5-4-30-18)16-3-2-14(9-32-16)36-21(25)26)33-20(34)12-6-13(22(27,28)29)8-15(7-12)35-10-17(23)24/h2-9,11,17,21H,10H2,1H3,(H,33,34). The highest BCUT2D eigenvalue weighted by atomic mass is 19.4. The predicted molar refractivity (Wildman–Crippen MR) is 111 cm³/mol. The zero-order valence-corrected chi connectivity index (χ0v) is 18.3. The fraction of sp³-hybridized carbons (Fsp3) is 0.273. The van der Waals surface area contributed by atoms with Crippen LogP contribution in [0.1, 0.15) is 34.6 Å². The fourth-order valence-electron chi connectivity index (χ4n) is 3.04. The van der Waals surface area contributed by atoms with E-state index in [9.17, 15) is 35.5 Å². The molecule has 0 aliphatic heterocycles. The molecule has 1 amide bonds. The van der Waals surface area contributed by atoms with Crippen molar-refractivity contribution < 1.29 is 45.0 Å². The van der Waals surface area contributed by atoms with Crippen LogP contribution in [0.2, 0.25) is 0 Å². The Morgan fingerprint density at radius 2 is 1.72 bits per heavy atom. The molecule has 1 unspecified atom stereocenters. The van der Waals surface area contributed by atoms with E-state index in [-0.39, 0.29) is 22.8 Å². The van der Waals surface area contributed by atoms with Crippen LogP contribution < -0.4 is 14.8 Å². The molecule has 0 spiro atoms. The van der Waals surface area contributed by atoms with Crippen molar-refractivity contribution in [2.24, 2.45) is 0 Å². The van der Waals surface area contributed by atoms with E-state index in [1.54, 1.807) is 0 Å². The number of pyridine rings is 1. The van der Waals surface area contributed by atoms with Gasteiger partial charge >= 0.3 is 12.8 Å². The minimum Gasteiger partial charge on any atom is -0.488 e. The van der Waals surface area contributed by atoms with Crippen molar-refractivity contribution >= 4 is 5.91 Å². The number of aromatic nitrogens is 3. The van der Waals surface area contributed by atoms with Crippen molar-refractivity contribution in [1.82, 2.24) is 20.3 Å². The average Bonchev–Trinajstić information content (AvgIpc) is 2.82. The second-order valence-electron chi connectivity index (χ2n) is 7.19. The average molecular weight is 518 g/mol. The summed E-state index contributed by atoms with van der Waals surface area (Å²) in [5, 5.41) is 2.47. The van der Waals surface area contributed by atoms with Gasteiger partial charge in [0.2, 0.25) is 0 Å². The molecule has 1 N–H and O–H groups in total. The number of ether oxygens (including phenoxy) is 2. The maximum absolute atomic E-state index is 13.3.